The molecule has 0 aromatic rings. The third-order valence-corrected chi connectivity index (χ3v) is 3.73. The van der Waals surface area contributed by atoms with Crippen LogP contribution in [-0.4, -0.2) is 63.8 Å². The van der Waals surface area contributed by atoms with Gasteiger partial charge in [0.15, 0.2) is 6.29 Å². The van der Waals surface area contributed by atoms with Crippen LogP contribution in [0.25, 0.3) is 0 Å². The molecule has 1 aliphatic carbocycles. The number of rotatable bonds is 3. The van der Waals surface area contributed by atoms with E-state index in [0.717, 1.165) is 25.7 Å². The summed E-state index contributed by atoms with van der Waals surface area (Å²) in [5, 5.41) is 38.1. The van der Waals surface area contributed by atoms with Crippen LogP contribution in [0.2, 0.25) is 0 Å². The zero-order valence-corrected chi connectivity index (χ0v) is 10.3. The van der Waals surface area contributed by atoms with Crippen LogP contribution in [0.4, 0.5) is 0 Å². The standard InChI is InChI=1S/C12H22O6/c13-6-8-9(14)10(15)11(16)12(18-8)17-7-4-2-1-3-5-7/h7-16H,1-6H2/t8-,9-,10+,11-,12?/m0/s1. The predicted octanol–water partition coefficient (Wildman–Crippen LogP) is -0.864. The molecule has 0 radical (unpaired) electrons. The minimum atomic E-state index is -1.36. The summed E-state index contributed by atoms with van der Waals surface area (Å²) in [4.78, 5) is 0. The third-order valence-electron chi connectivity index (χ3n) is 3.73. The number of ether oxygens (including phenoxy) is 2. The Balaban J connectivity index is 1.93. The van der Waals surface area contributed by atoms with Gasteiger partial charge in [0.2, 0.25) is 0 Å². The van der Waals surface area contributed by atoms with Gasteiger partial charge in [-0.3, -0.25) is 0 Å². The zero-order valence-electron chi connectivity index (χ0n) is 10.3. The molecule has 2 rings (SSSR count). The molecule has 0 amide bonds. The van der Waals surface area contributed by atoms with Crippen LogP contribution in [0.5, 0.6) is 0 Å². The maximum Gasteiger partial charge on any atom is 0.186 e. The van der Waals surface area contributed by atoms with E-state index >= 15 is 0 Å². The highest BCUT2D eigenvalue weighted by molar-refractivity contribution is 4.89. The van der Waals surface area contributed by atoms with E-state index in [-0.39, 0.29) is 6.10 Å². The van der Waals surface area contributed by atoms with Crippen LogP contribution in [0.15, 0.2) is 0 Å². The quantitative estimate of drug-likeness (QED) is 0.528. The Hall–Kier alpha value is -0.240. The second kappa shape index (κ2) is 6.27. The first-order chi connectivity index (χ1) is 8.63. The largest absolute Gasteiger partial charge is 0.394 e. The van der Waals surface area contributed by atoms with E-state index in [2.05, 4.69) is 0 Å². The molecule has 5 atom stereocenters. The number of aliphatic hydroxyl groups excluding tert-OH is 4. The lowest BCUT2D eigenvalue weighted by Crippen LogP contribution is -2.59. The predicted molar refractivity (Wildman–Crippen MR) is 61.7 cm³/mol. The summed E-state index contributed by atoms with van der Waals surface area (Å²) < 4.78 is 10.9. The van der Waals surface area contributed by atoms with Crippen LogP contribution < -0.4 is 0 Å². The van der Waals surface area contributed by atoms with E-state index in [1.54, 1.807) is 0 Å². The van der Waals surface area contributed by atoms with Gasteiger partial charge >= 0.3 is 0 Å². The van der Waals surface area contributed by atoms with Crippen molar-refractivity contribution in [2.24, 2.45) is 0 Å². The van der Waals surface area contributed by atoms with Gasteiger partial charge in [-0.25, -0.2) is 0 Å². The highest BCUT2D eigenvalue weighted by Crippen LogP contribution is 2.27. The molecule has 1 unspecified atom stereocenters. The van der Waals surface area contributed by atoms with Crippen molar-refractivity contribution < 1.29 is 29.9 Å². The van der Waals surface area contributed by atoms with E-state index in [4.69, 9.17) is 14.6 Å². The van der Waals surface area contributed by atoms with Gasteiger partial charge in [0.05, 0.1) is 12.7 Å². The van der Waals surface area contributed by atoms with Gasteiger partial charge in [0.1, 0.15) is 24.4 Å². The summed E-state index contributed by atoms with van der Waals surface area (Å²) in [6.07, 6.45) is -0.644. The molecule has 0 bridgehead atoms. The van der Waals surface area contributed by atoms with Gasteiger partial charge < -0.3 is 29.9 Å². The van der Waals surface area contributed by atoms with Crippen molar-refractivity contribution in [2.75, 3.05) is 6.61 Å². The second-order valence-electron chi connectivity index (χ2n) is 5.09. The fraction of sp³-hybridized carbons (Fsp3) is 1.00. The topological polar surface area (TPSA) is 99.4 Å². The monoisotopic (exact) mass is 262 g/mol. The second-order valence-corrected chi connectivity index (χ2v) is 5.09. The summed E-state index contributed by atoms with van der Waals surface area (Å²) in [6.45, 7) is -0.421. The minimum Gasteiger partial charge on any atom is -0.394 e. The Bertz CT molecular complexity index is 253. The third kappa shape index (κ3) is 3.01. The first-order valence-electron chi connectivity index (χ1n) is 6.59. The Morgan fingerprint density at radius 3 is 2.22 bits per heavy atom. The van der Waals surface area contributed by atoms with E-state index in [0.29, 0.717) is 0 Å². The smallest absolute Gasteiger partial charge is 0.186 e. The molecule has 6 nitrogen and oxygen atoms in total. The Kier molecular flexibility index (Phi) is 4.94. The van der Waals surface area contributed by atoms with Gasteiger partial charge in [-0.05, 0) is 12.8 Å². The molecule has 1 heterocycles. The molecule has 2 aliphatic rings. The summed E-state index contributed by atoms with van der Waals surface area (Å²) in [5.41, 5.74) is 0. The van der Waals surface area contributed by atoms with E-state index < -0.39 is 37.3 Å². The number of aliphatic hydroxyl groups is 4. The van der Waals surface area contributed by atoms with Crippen LogP contribution in [0.3, 0.4) is 0 Å². The van der Waals surface area contributed by atoms with Crippen molar-refractivity contribution in [3.8, 4) is 0 Å². The summed E-state index contributed by atoms with van der Waals surface area (Å²) in [7, 11) is 0. The molecule has 1 aliphatic heterocycles. The molecule has 0 aromatic heterocycles. The SMILES string of the molecule is OC[C@@H]1OC(OC2CCCCC2)[C@@H](O)[C@H](O)[C@H]1O. The molecule has 2 fully saturated rings. The summed E-state index contributed by atoms with van der Waals surface area (Å²) in [6, 6.07) is 0. The lowest BCUT2D eigenvalue weighted by atomic mass is 9.96. The number of hydrogen-bond acceptors (Lipinski definition) is 6. The Morgan fingerprint density at radius 2 is 1.61 bits per heavy atom. The molecule has 1 saturated heterocycles. The fourth-order valence-electron chi connectivity index (χ4n) is 2.57. The van der Waals surface area contributed by atoms with E-state index in [9.17, 15) is 15.3 Å². The average molecular weight is 262 g/mol. The maximum absolute atomic E-state index is 9.81. The van der Waals surface area contributed by atoms with Gasteiger partial charge in [0.25, 0.3) is 0 Å². The van der Waals surface area contributed by atoms with Crippen molar-refractivity contribution >= 4 is 0 Å². The molecular weight excluding hydrogens is 240 g/mol. The molecule has 18 heavy (non-hydrogen) atoms. The molecule has 6 heteroatoms. The average Bonchev–Trinajstić information content (AvgIpc) is 2.40. The molecular formula is C12H22O6. The summed E-state index contributed by atoms with van der Waals surface area (Å²) in [5.74, 6) is 0. The van der Waals surface area contributed by atoms with Crippen molar-refractivity contribution in [3.63, 3.8) is 0 Å². The molecule has 0 spiro atoms. The molecule has 4 N–H and O–H groups in total. The first kappa shape index (κ1) is 14.2. The van der Waals surface area contributed by atoms with Gasteiger partial charge in [-0.1, -0.05) is 19.3 Å². The number of hydrogen-bond donors (Lipinski definition) is 4. The Labute approximate surface area is 106 Å². The highest BCUT2D eigenvalue weighted by Gasteiger charge is 2.44. The zero-order chi connectivity index (χ0) is 13.1. The van der Waals surface area contributed by atoms with Crippen LogP contribution in [0, 0.1) is 0 Å². The van der Waals surface area contributed by atoms with Crippen molar-refractivity contribution in [2.45, 2.75) is 68.9 Å². The highest BCUT2D eigenvalue weighted by atomic mass is 16.7. The first-order valence-corrected chi connectivity index (χ1v) is 6.59. The normalized spacial score (nSPS) is 43.0. The molecule has 0 aromatic carbocycles. The van der Waals surface area contributed by atoms with Gasteiger partial charge in [-0.2, -0.15) is 0 Å². The van der Waals surface area contributed by atoms with E-state index in [1.165, 1.54) is 6.42 Å². The van der Waals surface area contributed by atoms with Crippen LogP contribution in [-0.2, 0) is 9.47 Å². The van der Waals surface area contributed by atoms with Crippen molar-refractivity contribution in [1.29, 1.82) is 0 Å². The van der Waals surface area contributed by atoms with Crippen LogP contribution in [0.1, 0.15) is 32.1 Å². The summed E-state index contributed by atoms with van der Waals surface area (Å²) >= 11 is 0. The van der Waals surface area contributed by atoms with Crippen molar-refractivity contribution in [3.05, 3.63) is 0 Å². The minimum absolute atomic E-state index is 0.0141. The molecule has 1 saturated carbocycles. The lowest BCUT2D eigenvalue weighted by Gasteiger charge is -2.41. The fourth-order valence-corrected chi connectivity index (χ4v) is 2.57. The van der Waals surface area contributed by atoms with Crippen LogP contribution >= 0.6 is 0 Å². The van der Waals surface area contributed by atoms with Gasteiger partial charge in [-0.15, -0.1) is 0 Å². The molecule has 106 valence electrons. The Morgan fingerprint density at radius 1 is 0.944 bits per heavy atom. The van der Waals surface area contributed by atoms with Gasteiger partial charge in [0, 0.05) is 0 Å². The van der Waals surface area contributed by atoms with E-state index in [1.807, 2.05) is 0 Å². The lowest BCUT2D eigenvalue weighted by molar-refractivity contribution is -0.312. The maximum atomic E-state index is 9.81. The van der Waals surface area contributed by atoms with Crippen molar-refractivity contribution in [1.82, 2.24) is 0 Å².